The number of rotatable bonds is 6. The Hall–Kier alpha value is -1.71. The molecule has 2 rings (SSSR count). The van der Waals surface area contributed by atoms with Crippen molar-refractivity contribution >= 4 is 11.7 Å². The van der Waals surface area contributed by atoms with E-state index in [4.69, 9.17) is 4.74 Å². The first-order valence-corrected chi connectivity index (χ1v) is 7.79. The van der Waals surface area contributed by atoms with Gasteiger partial charge in [-0.3, -0.25) is 4.79 Å². The van der Waals surface area contributed by atoms with Crippen LogP contribution in [0.5, 0.6) is 5.75 Å². The van der Waals surface area contributed by atoms with Gasteiger partial charge in [-0.15, -0.1) is 0 Å². The summed E-state index contributed by atoms with van der Waals surface area (Å²) in [5.74, 6) is 0.837. The van der Waals surface area contributed by atoms with Crippen LogP contribution >= 0.6 is 0 Å². The molecule has 21 heavy (non-hydrogen) atoms. The zero-order valence-corrected chi connectivity index (χ0v) is 13.2. The molecule has 0 bridgehead atoms. The first-order chi connectivity index (χ1) is 10.2. The van der Waals surface area contributed by atoms with Crippen LogP contribution in [0.4, 0.5) is 5.69 Å². The van der Waals surface area contributed by atoms with Crippen molar-refractivity contribution in [1.82, 2.24) is 0 Å². The molecule has 1 aromatic carbocycles. The lowest BCUT2D eigenvalue weighted by Gasteiger charge is -2.35. The minimum atomic E-state index is -0.141. The second-order valence-corrected chi connectivity index (χ2v) is 5.42. The Morgan fingerprint density at radius 1 is 1.43 bits per heavy atom. The fourth-order valence-electron chi connectivity index (χ4n) is 2.68. The third kappa shape index (κ3) is 3.90. The van der Waals surface area contributed by atoms with Gasteiger partial charge < -0.3 is 14.4 Å². The van der Waals surface area contributed by atoms with Crippen LogP contribution in [-0.4, -0.2) is 32.3 Å². The molecule has 4 nitrogen and oxygen atoms in total. The van der Waals surface area contributed by atoms with Crippen LogP contribution in [0.2, 0.25) is 0 Å². The molecule has 116 valence electrons. The first kappa shape index (κ1) is 15.7. The molecule has 0 saturated carbocycles. The number of hydrogen-bond acceptors (Lipinski definition) is 4. The Bertz CT molecular complexity index is 487. The summed E-state index contributed by atoms with van der Waals surface area (Å²) < 4.78 is 10.7. The molecule has 0 aromatic heterocycles. The number of fused-ring (bicyclic) bond motifs is 1. The largest absolute Gasteiger partial charge is 0.486 e. The average Bonchev–Trinajstić information content (AvgIpc) is 2.53. The molecule has 0 spiro atoms. The summed E-state index contributed by atoms with van der Waals surface area (Å²) in [5.41, 5.74) is 2.42. The second-order valence-electron chi connectivity index (χ2n) is 5.42. The minimum absolute atomic E-state index is 0.141. The Morgan fingerprint density at radius 3 is 2.90 bits per heavy atom. The quantitative estimate of drug-likeness (QED) is 0.755. The number of carbonyl (C=O) groups is 1. The van der Waals surface area contributed by atoms with Crippen molar-refractivity contribution in [3.63, 3.8) is 0 Å². The van der Waals surface area contributed by atoms with Gasteiger partial charge in [0.15, 0.2) is 0 Å². The lowest BCUT2D eigenvalue weighted by Crippen LogP contribution is -2.39. The predicted octanol–water partition coefficient (Wildman–Crippen LogP) is 3.18. The topological polar surface area (TPSA) is 38.8 Å². The fraction of sp³-hybridized carbons (Fsp3) is 0.588. The van der Waals surface area contributed by atoms with Crippen molar-refractivity contribution in [3.05, 3.63) is 23.8 Å². The van der Waals surface area contributed by atoms with E-state index in [1.165, 1.54) is 18.4 Å². The molecular formula is C17H25NO3. The maximum atomic E-state index is 11.2. The van der Waals surface area contributed by atoms with Crippen LogP contribution in [0.25, 0.3) is 0 Å². The van der Waals surface area contributed by atoms with Gasteiger partial charge in [0.25, 0.3) is 0 Å². The molecule has 1 atom stereocenters. The SMILES string of the molecule is CCC1CN(CC)c2cc(CCCC(=O)OC)ccc2O1. The summed E-state index contributed by atoms with van der Waals surface area (Å²) in [7, 11) is 1.43. The van der Waals surface area contributed by atoms with E-state index in [-0.39, 0.29) is 12.1 Å². The predicted molar refractivity (Wildman–Crippen MR) is 84.0 cm³/mol. The zero-order valence-electron chi connectivity index (χ0n) is 13.2. The van der Waals surface area contributed by atoms with Gasteiger partial charge in [0.05, 0.1) is 19.3 Å². The van der Waals surface area contributed by atoms with Crippen LogP contribution in [0.1, 0.15) is 38.7 Å². The average molecular weight is 291 g/mol. The van der Waals surface area contributed by atoms with Gasteiger partial charge in [-0.1, -0.05) is 13.0 Å². The lowest BCUT2D eigenvalue weighted by molar-refractivity contribution is -0.140. The number of likely N-dealkylation sites (N-methyl/N-ethyl adjacent to an activating group) is 1. The van der Waals surface area contributed by atoms with Crippen molar-refractivity contribution in [2.24, 2.45) is 0 Å². The molecule has 1 aromatic rings. The van der Waals surface area contributed by atoms with E-state index in [0.717, 1.165) is 38.1 Å². The van der Waals surface area contributed by atoms with Gasteiger partial charge in [-0.2, -0.15) is 0 Å². The summed E-state index contributed by atoms with van der Waals surface area (Å²) in [6.45, 7) is 6.26. The van der Waals surface area contributed by atoms with E-state index in [1.807, 2.05) is 0 Å². The van der Waals surface area contributed by atoms with Crippen LogP contribution in [0, 0.1) is 0 Å². The molecule has 0 saturated heterocycles. The van der Waals surface area contributed by atoms with Crippen LogP contribution in [0.15, 0.2) is 18.2 Å². The Labute approximate surface area is 127 Å². The highest BCUT2D eigenvalue weighted by Gasteiger charge is 2.23. The molecule has 1 unspecified atom stereocenters. The summed E-state index contributed by atoms with van der Waals surface area (Å²) in [5, 5.41) is 0. The number of benzene rings is 1. The zero-order chi connectivity index (χ0) is 15.2. The van der Waals surface area contributed by atoms with Gasteiger partial charge in [0.2, 0.25) is 0 Å². The maximum Gasteiger partial charge on any atom is 0.305 e. The van der Waals surface area contributed by atoms with E-state index in [0.29, 0.717) is 6.42 Å². The molecule has 0 radical (unpaired) electrons. The Morgan fingerprint density at radius 2 is 2.24 bits per heavy atom. The maximum absolute atomic E-state index is 11.2. The number of nitrogens with zero attached hydrogens (tertiary/aromatic N) is 1. The molecule has 0 fully saturated rings. The molecule has 0 amide bonds. The molecule has 1 heterocycles. The second kappa shape index (κ2) is 7.34. The van der Waals surface area contributed by atoms with Crippen molar-refractivity contribution in [3.8, 4) is 5.75 Å². The van der Waals surface area contributed by atoms with Gasteiger partial charge >= 0.3 is 5.97 Å². The summed E-state index contributed by atoms with van der Waals surface area (Å²) in [6, 6.07) is 6.36. The van der Waals surface area contributed by atoms with Crippen molar-refractivity contribution in [2.45, 2.75) is 45.6 Å². The van der Waals surface area contributed by atoms with Gasteiger partial charge in [0, 0.05) is 13.0 Å². The summed E-state index contributed by atoms with van der Waals surface area (Å²) in [6.07, 6.45) is 3.48. The normalized spacial score (nSPS) is 17.1. The first-order valence-electron chi connectivity index (χ1n) is 7.79. The van der Waals surface area contributed by atoms with E-state index in [9.17, 15) is 4.79 Å². The highest BCUT2D eigenvalue weighted by molar-refractivity contribution is 5.69. The number of esters is 1. The van der Waals surface area contributed by atoms with Gasteiger partial charge in [0.1, 0.15) is 11.9 Å². The Balaban J connectivity index is 2.05. The molecule has 1 aliphatic rings. The number of hydrogen-bond donors (Lipinski definition) is 0. The number of aryl methyl sites for hydroxylation is 1. The molecule has 0 aliphatic carbocycles. The number of anilines is 1. The monoisotopic (exact) mass is 291 g/mol. The molecule has 0 N–H and O–H groups in total. The molecule has 1 aliphatic heterocycles. The number of carbonyl (C=O) groups excluding carboxylic acids is 1. The summed E-state index contributed by atoms with van der Waals surface area (Å²) in [4.78, 5) is 13.5. The van der Waals surface area contributed by atoms with E-state index < -0.39 is 0 Å². The van der Waals surface area contributed by atoms with E-state index in [2.05, 4.69) is 41.7 Å². The smallest absolute Gasteiger partial charge is 0.305 e. The third-order valence-electron chi connectivity index (χ3n) is 3.99. The van der Waals surface area contributed by atoms with Gasteiger partial charge in [-0.05, 0) is 43.9 Å². The molecular weight excluding hydrogens is 266 g/mol. The van der Waals surface area contributed by atoms with Crippen LogP contribution in [-0.2, 0) is 16.0 Å². The lowest BCUT2D eigenvalue weighted by atomic mass is 10.0. The van der Waals surface area contributed by atoms with Crippen molar-refractivity contribution < 1.29 is 14.3 Å². The fourth-order valence-corrected chi connectivity index (χ4v) is 2.68. The van der Waals surface area contributed by atoms with Crippen LogP contribution in [0.3, 0.4) is 0 Å². The minimum Gasteiger partial charge on any atom is -0.486 e. The standard InChI is InChI=1S/C17H25NO3/c1-4-14-12-18(5-2)15-11-13(9-10-16(15)21-14)7-6-8-17(19)20-3/h9-11,14H,4-8,12H2,1-3H3. The van der Waals surface area contributed by atoms with Crippen molar-refractivity contribution in [2.75, 3.05) is 25.1 Å². The van der Waals surface area contributed by atoms with Crippen molar-refractivity contribution in [1.29, 1.82) is 0 Å². The number of methoxy groups -OCH3 is 1. The molecule has 4 heteroatoms. The summed E-state index contributed by atoms with van der Waals surface area (Å²) >= 11 is 0. The highest BCUT2D eigenvalue weighted by Crippen LogP contribution is 2.35. The van der Waals surface area contributed by atoms with E-state index >= 15 is 0 Å². The third-order valence-corrected chi connectivity index (χ3v) is 3.99. The van der Waals surface area contributed by atoms with Gasteiger partial charge in [-0.25, -0.2) is 0 Å². The number of ether oxygens (including phenoxy) is 2. The van der Waals surface area contributed by atoms with E-state index in [1.54, 1.807) is 0 Å². The van der Waals surface area contributed by atoms with Crippen LogP contribution < -0.4 is 9.64 Å². The Kier molecular flexibility index (Phi) is 5.48. The highest BCUT2D eigenvalue weighted by atomic mass is 16.5.